The third-order valence-corrected chi connectivity index (χ3v) is 6.88. The van der Waals surface area contributed by atoms with E-state index in [1.54, 1.807) is 12.1 Å². The lowest BCUT2D eigenvalue weighted by Crippen LogP contribution is -2.30. The molecule has 0 radical (unpaired) electrons. The molecule has 0 unspecified atom stereocenters. The number of ketones is 1. The topological polar surface area (TPSA) is 107 Å². The number of aryl methyl sites for hydroxylation is 1. The number of nitrogens with zero attached hydrogens (tertiary/aromatic N) is 1. The first-order valence-corrected chi connectivity index (χ1v) is 12.5. The molecule has 1 fully saturated rings. The molecule has 1 heterocycles. The molecule has 39 heavy (non-hydrogen) atoms. The Morgan fingerprint density at radius 3 is 1.82 bits per heavy atom. The summed E-state index contributed by atoms with van der Waals surface area (Å²) in [5.41, 5.74) is 2.31. The molecular formula is C31H25NO7. The van der Waals surface area contributed by atoms with Gasteiger partial charge < -0.3 is 9.47 Å². The van der Waals surface area contributed by atoms with Gasteiger partial charge in [0, 0.05) is 5.56 Å². The average Bonchev–Trinajstić information content (AvgIpc) is 3.22. The Balaban J connectivity index is 1.15. The first-order chi connectivity index (χ1) is 18.8. The molecule has 3 aromatic carbocycles. The van der Waals surface area contributed by atoms with Crippen LogP contribution in [0.5, 0.6) is 5.75 Å². The van der Waals surface area contributed by atoms with Crippen LogP contribution in [0, 0.1) is 18.8 Å². The smallest absolute Gasteiger partial charge is 0.343 e. The second kappa shape index (κ2) is 10.9. The van der Waals surface area contributed by atoms with E-state index in [2.05, 4.69) is 0 Å². The van der Waals surface area contributed by atoms with Crippen LogP contribution in [0.4, 0.5) is 5.69 Å². The molecule has 3 aromatic rings. The highest BCUT2D eigenvalue weighted by atomic mass is 16.5. The van der Waals surface area contributed by atoms with Crippen molar-refractivity contribution in [1.29, 1.82) is 0 Å². The van der Waals surface area contributed by atoms with Crippen LogP contribution in [-0.2, 0) is 14.3 Å². The van der Waals surface area contributed by atoms with E-state index in [0.717, 1.165) is 5.56 Å². The number of ether oxygens (including phenoxy) is 2. The fraction of sp³-hybridized carbons (Fsp3) is 0.194. The lowest BCUT2D eigenvalue weighted by Gasteiger charge is -2.15. The Bertz CT molecular complexity index is 1440. The number of rotatable bonds is 7. The van der Waals surface area contributed by atoms with Gasteiger partial charge in [-0.15, -0.1) is 0 Å². The summed E-state index contributed by atoms with van der Waals surface area (Å²) in [4.78, 5) is 63.9. The molecule has 2 aliphatic rings. The molecule has 0 bridgehead atoms. The zero-order chi connectivity index (χ0) is 27.5. The average molecular weight is 524 g/mol. The minimum Gasteiger partial charge on any atom is -0.454 e. The zero-order valence-corrected chi connectivity index (χ0v) is 21.2. The number of imide groups is 1. The number of anilines is 1. The Kier molecular flexibility index (Phi) is 7.19. The predicted molar refractivity (Wildman–Crippen MR) is 141 cm³/mol. The van der Waals surface area contributed by atoms with Crippen molar-refractivity contribution in [2.24, 2.45) is 11.8 Å². The third kappa shape index (κ3) is 5.40. The number of carbonyl (C=O) groups excluding carboxylic acids is 5. The van der Waals surface area contributed by atoms with Crippen molar-refractivity contribution in [2.45, 2.75) is 19.8 Å². The van der Waals surface area contributed by atoms with E-state index in [4.69, 9.17) is 9.47 Å². The van der Waals surface area contributed by atoms with Crippen LogP contribution in [-0.4, -0.2) is 36.1 Å². The van der Waals surface area contributed by atoms with Gasteiger partial charge in [0.2, 0.25) is 11.8 Å². The summed E-state index contributed by atoms with van der Waals surface area (Å²) in [6.45, 7) is 1.44. The van der Waals surface area contributed by atoms with Crippen LogP contribution in [0.15, 0.2) is 84.9 Å². The SMILES string of the molecule is Cc1ccc(C(=O)Oc2ccc(C(=O)COC(=O)c3ccc(N4C(=O)[C@H]5CC=CC[C@H]5C4=O)cc3)cc2)cc1. The van der Waals surface area contributed by atoms with E-state index in [-0.39, 0.29) is 40.5 Å². The summed E-state index contributed by atoms with van der Waals surface area (Å²) in [5, 5.41) is 0. The summed E-state index contributed by atoms with van der Waals surface area (Å²) in [7, 11) is 0. The highest BCUT2D eigenvalue weighted by molar-refractivity contribution is 6.22. The molecule has 1 saturated heterocycles. The molecule has 1 aliphatic carbocycles. The third-order valence-electron chi connectivity index (χ3n) is 6.88. The molecule has 196 valence electrons. The van der Waals surface area contributed by atoms with E-state index in [1.807, 2.05) is 31.2 Å². The number of allylic oxidation sites excluding steroid dienone is 2. The predicted octanol–water partition coefficient (Wildman–Crippen LogP) is 4.71. The second-order valence-electron chi connectivity index (χ2n) is 9.49. The van der Waals surface area contributed by atoms with Crippen molar-refractivity contribution in [1.82, 2.24) is 0 Å². The molecule has 8 heteroatoms. The van der Waals surface area contributed by atoms with Gasteiger partial charge in [-0.3, -0.25) is 19.3 Å². The molecule has 2 amide bonds. The summed E-state index contributed by atoms with van der Waals surface area (Å²) in [5.74, 6) is -2.52. The second-order valence-corrected chi connectivity index (χ2v) is 9.49. The number of fused-ring (bicyclic) bond motifs is 1. The van der Waals surface area contributed by atoms with Crippen molar-refractivity contribution in [3.8, 4) is 5.75 Å². The molecule has 1 aliphatic heterocycles. The van der Waals surface area contributed by atoms with Gasteiger partial charge in [0.1, 0.15) is 5.75 Å². The van der Waals surface area contributed by atoms with E-state index in [1.165, 1.54) is 53.4 Å². The first-order valence-electron chi connectivity index (χ1n) is 12.5. The van der Waals surface area contributed by atoms with Crippen molar-refractivity contribution in [3.05, 3.63) is 107 Å². The molecule has 2 atom stereocenters. The van der Waals surface area contributed by atoms with Gasteiger partial charge in [0.05, 0.1) is 28.7 Å². The number of hydrogen-bond donors (Lipinski definition) is 0. The minimum absolute atomic E-state index is 0.183. The lowest BCUT2D eigenvalue weighted by molar-refractivity contribution is -0.122. The maximum atomic E-state index is 12.7. The molecule has 0 saturated carbocycles. The molecule has 0 N–H and O–H groups in total. The fourth-order valence-corrected chi connectivity index (χ4v) is 4.66. The van der Waals surface area contributed by atoms with Gasteiger partial charge in [0.15, 0.2) is 12.4 Å². The highest BCUT2D eigenvalue weighted by Crippen LogP contribution is 2.37. The number of hydrogen-bond acceptors (Lipinski definition) is 7. The van der Waals surface area contributed by atoms with Crippen LogP contribution >= 0.6 is 0 Å². The van der Waals surface area contributed by atoms with Crippen molar-refractivity contribution < 1.29 is 33.4 Å². The number of benzene rings is 3. The normalized spacial score (nSPS) is 18.0. The molecule has 8 nitrogen and oxygen atoms in total. The fourth-order valence-electron chi connectivity index (χ4n) is 4.66. The maximum absolute atomic E-state index is 12.7. The molecule has 0 spiro atoms. The van der Waals surface area contributed by atoms with E-state index in [9.17, 15) is 24.0 Å². The number of esters is 2. The Hall–Kier alpha value is -4.85. The van der Waals surface area contributed by atoms with Gasteiger partial charge in [-0.25, -0.2) is 9.59 Å². The Morgan fingerprint density at radius 1 is 0.718 bits per heavy atom. The van der Waals surface area contributed by atoms with Crippen LogP contribution in [0.2, 0.25) is 0 Å². The van der Waals surface area contributed by atoms with Gasteiger partial charge in [0.25, 0.3) is 0 Å². The number of Topliss-reactive ketones (excluding diaryl/α,β-unsaturated/α-hetero) is 1. The summed E-state index contributed by atoms with van der Waals surface area (Å²) in [6, 6.07) is 18.9. The summed E-state index contributed by atoms with van der Waals surface area (Å²) in [6.07, 6.45) is 4.94. The van der Waals surface area contributed by atoms with E-state index < -0.39 is 24.3 Å². The van der Waals surface area contributed by atoms with Crippen molar-refractivity contribution in [2.75, 3.05) is 11.5 Å². The highest BCUT2D eigenvalue weighted by Gasteiger charge is 2.47. The van der Waals surface area contributed by atoms with Crippen LogP contribution in [0.3, 0.4) is 0 Å². The van der Waals surface area contributed by atoms with E-state index in [0.29, 0.717) is 24.1 Å². The molecule has 5 rings (SSSR count). The van der Waals surface area contributed by atoms with Crippen LogP contribution in [0.1, 0.15) is 49.5 Å². The zero-order valence-electron chi connectivity index (χ0n) is 21.2. The summed E-state index contributed by atoms with van der Waals surface area (Å²) >= 11 is 0. The first kappa shape index (κ1) is 25.8. The van der Waals surface area contributed by atoms with E-state index >= 15 is 0 Å². The van der Waals surface area contributed by atoms with Crippen LogP contribution < -0.4 is 9.64 Å². The van der Waals surface area contributed by atoms with Crippen molar-refractivity contribution >= 4 is 35.2 Å². The summed E-state index contributed by atoms with van der Waals surface area (Å²) < 4.78 is 10.5. The lowest BCUT2D eigenvalue weighted by atomic mass is 9.85. The van der Waals surface area contributed by atoms with Gasteiger partial charge in [-0.2, -0.15) is 0 Å². The Morgan fingerprint density at radius 2 is 1.23 bits per heavy atom. The minimum atomic E-state index is -0.713. The number of carbonyl (C=O) groups is 5. The van der Waals surface area contributed by atoms with Gasteiger partial charge in [-0.05, 0) is 80.4 Å². The maximum Gasteiger partial charge on any atom is 0.343 e. The quantitative estimate of drug-likeness (QED) is 0.145. The van der Waals surface area contributed by atoms with Gasteiger partial charge in [-0.1, -0.05) is 29.8 Å². The standard InChI is InChI=1S/C31H25NO7/c1-19-6-8-22(9-7-19)31(37)39-24-16-12-20(13-17-24)27(33)18-38-30(36)21-10-14-23(15-11-21)32-28(34)25-4-2-3-5-26(25)29(32)35/h2-3,6-17,25-26H,4-5,18H2,1H3/t25-,26+. The molecule has 0 aromatic heterocycles. The van der Waals surface area contributed by atoms with Gasteiger partial charge >= 0.3 is 11.9 Å². The Labute approximate surface area is 224 Å². The molecular weight excluding hydrogens is 498 g/mol. The number of amides is 2. The monoisotopic (exact) mass is 523 g/mol. The van der Waals surface area contributed by atoms with Crippen molar-refractivity contribution in [3.63, 3.8) is 0 Å². The largest absolute Gasteiger partial charge is 0.454 e. The van der Waals surface area contributed by atoms with Crippen LogP contribution in [0.25, 0.3) is 0 Å².